The molecule has 22 heavy (non-hydrogen) atoms. The van der Waals surface area contributed by atoms with Crippen LogP contribution in [0.3, 0.4) is 0 Å². The van der Waals surface area contributed by atoms with E-state index in [1.54, 1.807) is 36.4 Å². The Morgan fingerprint density at radius 3 is 1.86 bits per heavy atom. The molecule has 2 rings (SSSR count). The first-order valence-electron chi connectivity index (χ1n) is 6.41. The summed E-state index contributed by atoms with van der Waals surface area (Å²) in [5.41, 5.74) is 1.82. The van der Waals surface area contributed by atoms with Crippen molar-refractivity contribution in [2.45, 2.75) is 12.3 Å². The molecule has 0 atom stereocenters. The van der Waals surface area contributed by atoms with Crippen LogP contribution in [0.15, 0.2) is 48.5 Å². The summed E-state index contributed by atoms with van der Waals surface area (Å²) in [6, 6.07) is 13.7. The molecule has 0 aliphatic carbocycles. The standard InChI is InChI=1S/C14H16O6P2/c15-21(16,17)9-12-7-4-8-13(11-5-2-1-3-6-11)14(12)10-22(18,19)20/h1-8H,9-10H2,(H2,15,16,17)(H2,18,19,20). The third-order valence-corrected chi connectivity index (χ3v) is 4.58. The second-order valence-corrected chi connectivity index (χ2v) is 8.25. The molecular formula is C14H16O6P2. The average Bonchev–Trinajstić information content (AvgIpc) is 2.38. The van der Waals surface area contributed by atoms with Gasteiger partial charge in [-0.25, -0.2) is 0 Å². The van der Waals surface area contributed by atoms with Crippen molar-refractivity contribution in [1.82, 2.24) is 0 Å². The smallest absolute Gasteiger partial charge is 0.324 e. The Hall–Kier alpha value is -1.26. The average molecular weight is 342 g/mol. The lowest BCUT2D eigenvalue weighted by molar-refractivity contribution is 0.367. The molecule has 0 aliphatic heterocycles. The van der Waals surface area contributed by atoms with E-state index < -0.39 is 27.5 Å². The van der Waals surface area contributed by atoms with Crippen LogP contribution < -0.4 is 0 Å². The fourth-order valence-electron chi connectivity index (χ4n) is 2.29. The number of rotatable bonds is 5. The predicted octanol–water partition coefficient (Wildman–Crippen LogP) is 2.71. The summed E-state index contributed by atoms with van der Waals surface area (Å²) >= 11 is 0. The third-order valence-electron chi connectivity index (χ3n) is 3.10. The van der Waals surface area contributed by atoms with Gasteiger partial charge in [0.2, 0.25) is 0 Å². The van der Waals surface area contributed by atoms with E-state index in [0.717, 1.165) is 5.56 Å². The Labute approximate surface area is 127 Å². The van der Waals surface area contributed by atoms with Gasteiger partial charge < -0.3 is 19.6 Å². The van der Waals surface area contributed by atoms with Crippen LogP contribution in [0, 0.1) is 0 Å². The van der Waals surface area contributed by atoms with Crippen LogP contribution in [0.1, 0.15) is 11.1 Å². The molecule has 2 aromatic carbocycles. The van der Waals surface area contributed by atoms with Gasteiger partial charge in [0.15, 0.2) is 0 Å². The van der Waals surface area contributed by atoms with Gasteiger partial charge >= 0.3 is 15.2 Å². The van der Waals surface area contributed by atoms with Crippen LogP contribution in [0.5, 0.6) is 0 Å². The Morgan fingerprint density at radius 2 is 1.32 bits per heavy atom. The van der Waals surface area contributed by atoms with Crippen LogP contribution in [-0.4, -0.2) is 19.6 Å². The Morgan fingerprint density at radius 1 is 0.727 bits per heavy atom. The molecule has 0 amide bonds. The van der Waals surface area contributed by atoms with Crippen LogP contribution in [0.4, 0.5) is 0 Å². The largest absolute Gasteiger partial charge is 0.329 e. The first kappa shape index (κ1) is 17.1. The van der Waals surface area contributed by atoms with E-state index in [-0.39, 0.29) is 11.1 Å². The maximum absolute atomic E-state index is 11.4. The van der Waals surface area contributed by atoms with Crippen molar-refractivity contribution >= 4 is 15.2 Å². The van der Waals surface area contributed by atoms with Gasteiger partial charge in [-0.3, -0.25) is 9.13 Å². The molecule has 2 aromatic rings. The minimum Gasteiger partial charge on any atom is -0.324 e. The van der Waals surface area contributed by atoms with Crippen molar-refractivity contribution in [2.24, 2.45) is 0 Å². The van der Waals surface area contributed by atoms with E-state index in [9.17, 15) is 28.7 Å². The highest BCUT2D eigenvalue weighted by Crippen LogP contribution is 2.46. The summed E-state index contributed by atoms with van der Waals surface area (Å²) in [7, 11) is -8.72. The molecule has 4 N–H and O–H groups in total. The first-order valence-corrected chi connectivity index (χ1v) is 10.0. The minimum atomic E-state index is -4.38. The van der Waals surface area contributed by atoms with Gasteiger partial charge in [0.25, 0.3) is 0 Å². The van der Waals surface area contributed by atoms with Crippen molar-refractivity contribution < 1.29 is 28.7 Å². The van der Waals surface area contributed by atoms with Gasteiger partial charge in [-0.2, -0.15) is 0 Å². The van der Waals surface area contributed by atoms with E-state index in [1.807, 2.05) is 6.07 Å². The van der Waals surface area contributed by atoms with E-state index in [4.69, 9.17) is 0 Å². The fourth-order valence-corrected chi connectivity index (χ4v) is 3.81. The fraction of sp³-hybridized carbons (Fsp3) is 0.143. The summed E-state index contributed by atoms with van der Waals surface area (Å²) in [6.07, 6.45) is -1.11. The van der Waals surface area contributed by atoms with Crippen molar-refractivity contribution in [3.63, 3.8) is 0 Å². The molecule has 0 unspecified atom stereocenters. The van der Waals surface area contributed by atoms with Crippen molar-refractivity contribution in [3.05, 3.63) is 59.7 Å². The number of benzene rings is 2. The second kappa shape index (κ2) is 6.47. The predicted molar refractivity (Wildman–Crippen MR) is 83.4 cm³/mol. The molecule has 118 valence electrons. The molecule has 0 saturated heterocycles. The van der Waals surface area contributed by atoms with Crippen LogP contribution >= 0.6 is 15.2 Å². The first-order chi connectivity index (χ1) is 10.2. The summed E-state index contributed by atoms with van der Waals surface area (Å²) < 4.78 is 22.7. The van der Waals surface area contributed by atoms with E-state index in [1.165, 1.54) is 6.07 Å². The summed E-state index contributed by atoms with van der Waals surface area (Å²) in [6.45, 7) is 0. The van der Waals surface area contributed by atoms with E-state index >= 15 is 0 Å². The third kappa shape index (κ3) is 4.89. The highest BCUT2D eigenvalue weighted by atomic mass is 31.2. The highest BCUT2D eigenvalue weighted by molar-refractivity contribution is 7.51. The van der Waals surface area contributed by atoms with Crippen molar-refractivity contribution in [3.8, 4) is 11.1 Å². The van der Waals surface area contributed by atoms with Crippen LogP contribution in [-0.2, 0) is 21.5 Å². The number of hydrogen-bond donors (Lipinski definition) is 4. The Bertz CT molecular complexity index is 747. The zero-order valence-electron chi connectivity index (χ0n) is 11.5. The summed E-state index contributed by atoms with van der Waals surface area (Å²) in [4.78, 5) is 36.9. The zero-order valence-corrected chi connectivity index (χ0v) is 13.3. The van der Waals surface area contributed by atoms with Crippen LogP contribution in [0.2, 0.25) is 0 Å². The van der Waals surface area contributed by atoms with Crippen molar-refractivity contribution in [1.29, 1.82) is 0 Å². The normalized spacial score (nSPS) is 12.4. The van der Waals surface area contributed by atoms with Gasteiger partial charge in [-0.05, 0) is 22.3 Å². The molecule has 0 heterocycles. The molecule has 0 aromatic heterocycles. The van der Waals surface area contributed by atoms with Crippen LogP contribution in [0.25, 0.3) is 11.1 Å². The monoisotopic (exact) mass is 342 g/mol. The van der Waals surface area contributed by atoms with E-state index in [0.29, 0.717) is 5.56 Å². The molecule has 0 saturated carbocycles. The maximum Gasteiger partial charge on any atom is 0.329 e. The number of hydrogen-bond acceptors (Lipinski definition) is 2. The SMILES string of the molecule is O=P(O)(O)Cc1cccc(-c2ccccc2)c1CP(=O)(O)O. The van der Waals surface area contributed by atoms with Gasteiger partial charge in [0.05, 0.1) is 12.3 Å². The maximum atomic E-state index is 11.4. The lowest BCUT2D eigenvalue weighted by Crippen LogP contribution is -1.99. The summed E-state index contributed by atoms with van der Waals surface area (Å²) in [5.74, 6) is 0. The zero-order chi connectivity index (χ0) is 16.4. The van der Waals surface area contributed by atoms with E-state index in [2.05, 4.69) is 0 Å². The molecule has 0 aliphatic rings. The van der Waals surface area contributed by atoms with Crippen molar-refractivity contribution in [2.75, 3.05) is 0 Å². The molecule has 0 spiro atoms. The molecular weight excluding hydrogens is 326 g/mol. The Kier molecular flexibility index (Phi) is 5.03. The van der Waals surface area contributed by atoms with Gasteiger partial charge in [-0.15, -0.1) is 0 Å². The lowest BCUT2D eigenvalue weighted by atomic mass is 9.97. The molecule has 8 heteroatoms. The molecule has 6 nitrogen and oxygen atoms in total. The molecule has 0 fully saturated rings. The quantitative estimate of drug-likeness (QED) is 0.621. The molecule has 0 radical (unpaired) electrons. The van der Waals surface area contributed by atoms with Gasteiger partial charge in [0.1, 0.15) is 0 Å². The Balaban J connectivity index is 2.60. The summed E-state index contributed by atoms with van der Waals surface area (Å²) in [5, 5.41) is 0. The highest BCUT2D eigenvalue weighted by Gasteiger charge is 2.24. The van der Waals surface area contributed by atoms with Gasteiger partial charge in [0, 0.05) is 0 Å². The van der Waals surface area contributed by atoms with Gasteiger partial charge in [-0.1, -0.05) is 48.5 Å². The molecule has 0 bridgehead atoms. The topological polar surface area (TPSA) is 115 Å². The minimum absolute atomic E-state index is 0.248. The lowest BCUT2D eigenvalue weighted by Gasteiger charge is -2.16. The second-order valence-electron chi connectivity index (χ2n) is 4.95.